The van der Waals surface area contributed by atoms with Gasteiger partial charge in [0.2, 0.25) is 5.89 Å². The van der Waals surface area contributed by atoms with Gasteiger partial charge in [-0.1, -0.05) is 30.3 Å². The van der Waals surface area contributed by atoms with E-state index < -0.39 is 23.5 Å². The van der Waals surface area contributed by atoms with Crippen molar-refractivity contribution in [1.29, 1.82) is 0 Å². The summed E-state index contributed by atoms with van der Waals surface area (Å²) in [5.74, 6) is 0.987. The lowest BCUT2D eigenvalue weighted by atomic mass is 9.90. The second kappa shape index (κ2) is 7.79. The lowest BCUT2D eigenvalue weighted by Gasteiger charge is -2.33. The number of aromatic nitrogens is 1. The number of oxazole rings is 1. The monoisotopic (exact) mass is 470 g/mol. The lowest BCUT2D eigenvalue weighted by Crippen LogP contribution is -2.53. The van der Waals surface area contributed by atoms with E-state index >= 15 is 0 Å². The van der Waals surface area contributed by atoms with Crippen molar-refractivity contribution >= 4 is 5.69 Å². The Bertz CT molecular complexity index is 1140. The van der Waals surface area contributed by atoms with Crippen molar-refractivity contribution in [1.82, 2.24) is 4.98 Å². The number of anilines is 1. The molecule has 2 aromatic carbocycles. The summed E-state index contributed by atoms with van der Waals surface area (Å²) in [7, 11) is 0. The second-order valence-corrected chi connectivity index (χ2v) is 8.12. The highest BCUT2D eigenvalue weighted by Gasteiger charge is 2.71. The molecule has 1 aliphatic heterocycles. The van der Waals surface area contributed by atoms with Crippen molar-refractivity contribution in [3.05, 3.63) is 71.1 Å². The highest BCUT2D eigenvalue weighted by Crippen LogP contribution is 2.51. The van der Waals surface area contributed by atoms with Crippen LogP contribution >= 0.6 is 0 Å². The molecule has 0 saturated carbocycles. The molecule has 1 aromatic heterocycles. The molecule has 10 heteroatoms. The number of rotatable bonds is 4. The van der Waals surface area contributed by atoms with Gasteiger partial charge in [-0.05, 0) is 44.0 Å². The third kappa shape index (κ3) is 3.86. The number of nitrogens with zero attached hydrogens (tertiary/aromatic N) is 2. The van der Waals surface area contributed by atoms with Gasteiger partial charge in [0.25, 0.3) is 5.60 Å². The van der Waals surface area contributed by atoms with Crippen LogP contribution in [0.25, 0.3) is 11.5 Å². The molecule has 1 N–H and O–H groups in total. The van der Waals surface area contributed by atoms with Crippen LogP contribution in [0.2, 0.25) is 0 Å². The van der Waals surface area contributed by atoms with Gasteiger partial charge in [0, 0.05) is 22.9 Å². The van der Waals surface area contributed by atoms with Crippen molar-refractivity contribution in [2.45, 2.75) is 50.8 Å². The van der Waals surface area contributed by atoms with E-state index in [0.29, 0.717) is 29.1 Å². The van der Waals surface area contributed by atoms with Crippen LogP contribution in [0.5, 0.6) is 0 Å². The first kappa shape index (κ1) is 23.2. The Kier molecular flexibility index (Phi) is 5.47. The summed E-state index contributed by atoms with van der Waals surface area (Å²) in [6.45, 7) is 3.82. The SMILES string of the molecule is Cc1oc(-c2ccccc2)nc1CN1c2ccc(C(O)(C(F)(F)F)C(F)(F)F)cc2CC1C. The minimum atomic E-state index is -5.92. The molecule has 0 bridgehead atoms. The second-order valence-electron chi connectivity index (χ2n) is 8.12. The van der Waals surface area contributed by atoms with Crippen LogP contribution in [-0.4, -0.2) is 28.5 Å². The average Bonchev–Trinajstić information content (AvgIpc) is 3.25. The molecule has 1 aliphatic rings. The van der Waals surface area contributed by atoms with Crippen LogP contribution in [0.3, 0.4) is 0 Å². The first-order valence-electron chi connectivity index (χ1n) is 10.1. The molecule has 0 radical (unpaired) electrons. The van der Waals surface area contributed by atoms with E-state index in [1.165, 1.54) is 6.07 Å². The molecule has 1 atom stereocenters. The molecule has 0 amide bonds. The van der Waals surface area contributed by atoms with Crippen molar-refractivity contribution in [2.75, 3.05) is 4.90 Å². The van der Waals surface area contributed by atoms with Gasteiger partial charge in [-0.2, -0.15) is 26.3 Å². The summed E-state index contributed by atoms with van der Waals surface area (Å²) in [4.78, 5) is 6.37. The number of benzene rings is 2. The van der Waals surface area contributed by atoms with Crippen LogP contribution in [0, 0.1) is 6.92 Å². The Hall–Kier alpha value is -3.01. The fraction of sp³-hybridized carbons (Fsp3) is 0.348. The number of hydrogen-bond donors (Lipinski definition) is 1. The summed E-state index contributed by atoms with van der Waals surface area (Å²) >= 11 is 0. The standard InChI is InChI=1S/C23H20F6N2O2/c1-13-10-16-11-17(21(32,22(24,25)26)23(27,28)29)8-9-19(16)31(13)12-18-14(2)33-20(30-18)15-6-4-3-5-7-15/h3-9,11,13,32H,10,12H2,1-2H3. The van der Waals surface area contributed by atoms with Gasteiger partial charge in [0.1, 0.15) is 11.5 Å². The summed E-state index contributed by atoms with van der Waals surface area (Å²) in [5.41, 5.74) is -4.03. The predicted molar refractivity (Wildman–Crippen MR) is 108 cm³/mol. The van der Waals surface area contributed by atoms with Crippen molar-refractivity contribution in [3.63, 3.8) is 0 Å². The van der Waals surface area contributed by atoms with Crippen molar-refractivity contribution in [3.8, 4) is 11.5 Å². The summed E-state index contributed by atoms with van der Waals surface area (Å²) < 4.78 is 85.3. The zero-order valence-electron chi connectivity index (χ0n) is 17.6. The minimum Gasteiger partial charge on any atom is -0.441 e. The molecule has 176 valence electrons. The van der Waals surface area contributed by atoms with Gasteiger partial charge >= 0.3 is 12.4 Å². The minimum absolute atomic E-state index is 0.212. The number of aryl methyl sites for hydroxylation is 1. The van der Waals surface area contributed by atoms with Crippen LogP contribution < -0.4 is 4.90 Å². The van der Waals surface area contributed by atoms with Crippen LogP contribution in [0.1, 0.15) is 29.5 Å². The summed E-state index contributed by atoms with van der Waals surface area (Å²) in [6.07, 6.45) is -11.6. The molecule has 1 unspecified atom stereocenters. The van der Waals surface area contributed by atoms with E-state index in [1.54, 1.807) is 6.92 Å². The van der Waals surface area contributed by atoms with Gasteiger partial charge in [-0.25, -0.2) is 4.98 Å². The molecule has 0 spiro atoms. The molecule has 0 saturated heterocycles. The first-order valence-corrected chi connectivity index (χ1v) is 10.1. The molecular formula is C23H20F6N2O2. The van der Waals surface area contributed by atoms with E-state index in [0.717, 1.165) is 11.6 Å². The Balaban J connectivity index is 1.66. The number of hydrogen-bond acceptors (Lipinski definition) is 4. The number of halogens is 6. The summed E-state index contributed by atoms with van der Waals surface area (Å²) in [6, 6.07) is 11.7. The third-order valence-corrected chi connectivity index (χ3v) is 5.91. The van der Waals surface area contributed by atoms with Crippen LogP contribution in [-0.2, 0) is 18.6 Å². The fourth-order valence-electron chi connectivity index (χ4n) is 4.09. The molecule has 3 aromatic rings. The van der Waals surface area contributed by atoms with Gasteiger partial charge in [0.05, 0.1) is 6.54 Å². The highest BCUT2D eigenvalue weighted by atomic mass is 19.4. The molecule has 0 aliphatic carbocycles. The van der Waals surface area contributed by atoms with Crippen molar-refractivity contribution in [2.24, 2.45) is 0 Å². The Morgan fingerprint density at radius 2 is 1.67 bits per heavy atom. The molecular weight excluding hydrogens is 450 g/mol. The van der Waals surface area contributed by atoms with E-state index in [4.69, 9.17) is 4.42 Å². The van der Waals surface area contributed by atoms with Gasteiger partial charge < -0.3 is 14.4 Å². The third-order valence-electron chi connectivity index (χ3n) is 5.91. The Morgan fingerprint density at radius 1 is 1.03 bits per heavy atom. The van der Waals surface area contributed by atoms with Crippen LogP contribution in [0.15, 0.2) is 52.9 Å². The fourth-order valence-corrected chi connectivity index (χ4v) is 4.09. The smallest absolute Gasteiger partial charge is 0.430 e. The molecule has 2 heterocycles. The van der Waals surface area contributed by atoms with E-state index in [1.807, 2.05) is 42.2 Å². The number of alkyl halides is 6. The quantitative estimate of drug-likeness (QED) is 0.482. The maximum atomic E-state index is 13.3. The zero-order valence-corrected chi connectivity index (χ0v) is 17.6. The first-order chi connectivity index (χ1) is 15.3. The molecule has 4 rings (SSSR count). The number of aliphatic hydroxyl groups is 1. The van der Waals surface area contributed by atoms with Crippen molar-refractivity contribution < 1.29 is 35.9 Å². The lowest BCUT2D eigenvalue weighted by molar-refractivity contribution is -0.376. The van der Waals surface area contributed by atoms with E-state index in [9.17, 15) is 31.4 Å². The van der Waals surface area contributed by atoms with Gasteiger partial charge in [-0.3, -0.25) is 0 Å². The van der Waals surface area contributed by atoms with Crippen LogP contribution in [0.4, 0.5) is 32.0 Å². The Morgan fingerprint density at radius 3 is 2.27 bits per heavy atom. The Labute approximate surface area is 185 Å². The molecule has 0 fully saturated rings. The summed E-state index contributed by atoms with van der Waals surface area (Å²) in [5, 5.41) is 9.72. The largest absolute Gasteiger partial charge is 0.441 e. The van der Waals surface area contributed by atoms with E-state index in [2.05, 4.69) is 4.98 Å². The molecule has 33 heavy (non-hydrogen) atoms. The zero-order chi connectivity index (χ0) is 24.2. The maximum absolute atomic E-state index is 13.3. The highest BCUT2D eigenvalue weighted by molar-refractivity contribution is 5.61. The van der Waals surface area contributed by atoms with Gasteiger partial charge in [-0.15, -0.1) is 0 Å². The average molecular weight is 470 g/mol. The number of fused-ring (bicyclic) bond motifs is 1. The normalized spacial score (nSPS) is 16.9. The van der Waals surface area contributed by atoms with E-state index in [-0.39, 0.29) is 24.6 Å². The topological polar surface area (TPSA) is 49.5 Å². The molecule has 4 nitrogen and oxygen atoms in total. The van der Waals surface area contributed by atoms with Gasteiger partial charge in [0.15, 0.2) is 0 Å². The predicted octanol–water partition coefficient (Wildman–Crippen LogP) is 5.91. The maximum Gasteiger partial charge on any atom is 0.430 e.